The Balaban J connectivity index is 2.14. The van der Waals surface area contributed by atoms with Crippen molar-refractivity contribution in [1.82, 2.24) is 14.5 Å². The number of aryl methyl sites for hydroxylation is 3. The fraction of sp³-hybridized carbons (Fsp3) is 0.176. The second-order valence-corrected chi connectivity index (χ2v) is 5.48. The standard InChI is InChI=1S/C17H17N4/c1-12-10-17-14(11-16(12)21-9-8-18-20(21)3)13-6-4-5-7-15(13)19(17)2/h4-11H,1-3H3/q+1. The highest BCUT2D eigenvalue weighted by molar-refractivity contribution is 6.08. The van der Waals surface area contributed by atoms with Crippen LogP contribution in [0.4, 0.5) is 0 Å². The van der Waals surface area contributed by atoms with Crippen LogP contribution in [-0.4, -0.2) is 14.5 Å². The van der Waals surface area contributed by atoms with Crippen molar-refractivity contribution >= 4 is 21.8 Å². The highest BCUT2D eigenvalue weighted by Gasteiger charge is 2.15. The molecule has 2 heterocycles. The highest BCUT2D eigenvalue weighted by atomic mass is 15.5. The molecule has 104 valence electrons. The molecule has 4 aromatic rings. The van der Waals surface area contributed by atoms with Gasteiger partial charge in [0.05, 0.1) is 7.05 Å². The van der Waals surface area contributed by atoms with Crippen molar-refractivity contribution in [3.05, 3.63) is 54.4 Å². The molecule has 4 nitrogen and oxygen atoms in total. The zero-order valence-corrected chi connectivity index (χ0v) is 12.4. The lowest BCUT2D eigenvalue weighted by Crippen LogP contribution is -2.39. The summed E-state index contributed by atoms with van der Waals surface area (Å²) in [6.45, 7) is 2.15. The lowest BCUT2D eigenvalue weighted by atomic mass is 10.1. The molecule has 0 atom stereocenters. The SMILES string of the molecule is Cc1cc2c(cc1-[n+]1ccnn1C)c1ccccc1n2C. The molecule has 0 spiro atoms. The summed E-state index contributed by atoms with van der Waals surface area (Å²) in [4.78, 5) is 1.85. The van der Waals surface area contributed by atoms with Gasteiger partial charge in [0.1, 0.15) is 0 Å². The van der Waals surface area contributed by atoms with Gasteiger partial charge in [-0.15, -0.1) is 4.68 Å². The number of hydrogen-bond donors (Lipinski definition) is 0. The Labute approximate surface area is 122 Å². The van der Waals surface area contributed by atoms with Crippen LogP contribution in [0, 0.1) is 6.92 Å². The topological polar surface area (TPSA) is 26.6 Å². The van der Waals surface area contributed by atoms with Gasteiger partial charge < -0.3 is 4.57 Å². The molecule has 4 heteroatoms. The normalized spacial score (nSPS) is 11.6. The molecule has 0 saturated carbocycles. The van der Waals surface area contributed by atoms with Gasteiger partial charge in [0.15, 0.2) is 11.9 Å². The van der Waals surface area contributed by atoms with Crippen LogP contribution in [0.25, 0.3) is 27.5 Å². The summed E-state index contributed by atoms with van der Waals surface area (Å²) in [6.07, 6.45) is 3.80. The van der Waals surface area contributed by atoms with E-state index in [1.54, 1.807) is 0 Å². The third-order valence-corrected chi connectivity index (χ3v) is 4.23. The Hall–Kier alpha value is -2.62. The Morgan fingerprint density at radius 2 is 1.81 bits per heavy atom. The van der Waals surface area contributed by atoms with Crippen LogP contribution in [0.15, 0.2) is 48.8 Å². The third kappa shape index (κ3) is 1.62. The van der Waals surface area contributed by atoms with Gasteiger partial charge in [-0.1, -0.05) is 18.2 Å². The number of benzene rings is 2. The van der Waals surface area contributed by atoms with Crippen molar-refractivity contribution in [3.8, 4) is 5.69 Å². The molecule has 0 bridgehead atoms. The first-order valence-electron chi connectivity index (χ1n) is 7.05. The predicted octanol–water partition coefficient (Wildman–Crippen LogP) is 2.65. The average Bonchev–Trinajstić information content (AvgIpc) is 3.02. The average molecular weight is 277 g/mol. The first kappa shape index (κ1) is 12.1. The van der Waals surface area contributed by atoms with E-state index in [0.29, 0.717) is 0 Å². The van der Waals surface area contributed by atoms with E-state index in [2.05, 4.69) is 64.7 Å². The van der Waals surface area contributed by atoms with Crippen molar-refractivity contribution in [2.24, 2.45) is 14.1 Å². The molecule has 2 aromatic carbocycles. The minimum atomic E-state index is 1.17. The summed E-state index contributed by atoms with van der Waals surface area (Å²) in [5.41, 5.74) is 4.93. The van der Waals surface area contributed by atoms with Gasteiger partial charge >= 0.3 is 0 Å². The maximum atomic E-state index is 4.26. The van der Waals surface area contributed by atoms with Crippen LogP contribution < -0.4 is 4.68 Å². The largest absolute Gasteiger partial charge is 0.344 e. The van der Waals surface area contributed by atoms with Gasteiger partial charge in [0, 0.05) is 39.5 Å². The fourth-order valence-corrected chi connectivity index (χ4v) is 3.12. The van der Waals surface area contributed by atoms with Gasteiger partial charge in [0.25, 0.3) is 0 Å². The monoisotopic (exact) mass is 277 g/mol. The van der Waals surface area contributed by atoms with Crippen molar-refractivity contribution in [2.45, 2.75) is 6.92 Å². The first-order chi connectivity index (χ1) is 10.2. The molecule has 0 saturated heterocycles. The van der Waals surface area contributed by atoms with Crippen molar-refractivity contribution < 1.29 is 4.68 Å². The van der Waals surface area contributed by atoms with Gasteiger partial charge in [-0.25, -0.2) is 0 Å². The maximum absolute atomic E-state index is 4.26. The lowest BCUT2D eigenvalue weighted by Gasteiger charge is -2.04. The fourth-order valence-electron chi connectivity index (χ4n) is 3.12. The van der Waals surface area contributed by atoms with E-state index >= 15 is 0 Å². The van der Waals surface area contributed by atoms with Gasteiger partial charge in [-0.3, -0.25) is 0 Å². The van der Waals surface area contributed by atoms with E-state index in [1.165, 1.54) is 33.1 Å². The number of para-hydroxylation sites is 1. The minimum Gasteiger partial charge on any atom is -0.344 e. The van der Waals surface area contributed by atoms with Crippen LogP contribution in [0.2, 0.25) is 0 Å². The molecule has 21 heavy (non-hydrogen) atoms. The van der Waals surface area contributed by atoms with E-state index in [9.17, 15) is 0 Å². The van der Waals surface area contributed by atoms with Crippen molar-refractivity contribution in [2.75, 3.05) is 0 Å². The summed E-state index contributed by atoms with van der Waals surface area (Å²) in [5, 5.41) is 6.83. The molecule has 2 aromatic heterocycles. The second kappa shape index (κ2) is 4.19. The Morgan fingerprint density at radius 1 is 1.00 bits per heavy atom. The molecule has 4 rings (SSSR count). The first-order valence-corrected chi connectivity index (χ1v) is 7.05. The lowest BCUT2D eigenvalue weighted by molar-refractivity contribution is -0.688. The van der Waals surface area contributed by atoms with Crippen molar-refractivity contribution in [1.29, 1.82) is 0 Å². The van der Waals surface area contributed by atoms with Crippen molar-refractivity contribution in [3.63, 3.8) is 0 Å². The van der Waals surface area contributed by atoms with Gasteiger partial charge in [-0.05, 0) is 29.9 Å². The van der Waals surface area contributed by atoms with E-state index in [-0.39, 0.29) is 0 Å². The van der Waals surface area contributed by atoms with E-state index < -0.39 is 0 Å². The summed E-state index contributed by atoms with van der Waals surface area (Å²) in [7, 11) is 4.08. The maximum Gasteiger partial charge on any atom is 0.206 e. The number of rotatable bonds is 1. The van der Waals surface area contributed by atoms with E-state index in [1.807, 2.05) is 24.2 Å². The Bertz CT molecular complexity index is 975. The van der Waals surface area contributed by atoms with E-state index in [4.69, 9.17) is 0 Å². The van der Waals surface area contributed by atoms with Crippen LogP contribution in [0.3, 0.4) is 0 Å². The third-order valence-electron chi connectivity index (χ3n) is 4.23. The van der Waals surface area contributed by atoms with Crippen LogP contribution in [0.5, 0.6) is 0 Å². The van der Waals surface area contributed by atoms with Crippen LogP contribution in [0.1, 0.15) is 5.56 Å². The Morgan fingerprint density at radius 3 is 2.57 bits per heavy atom. The number of nitrogens with zero attached hydrogens (tertiary/aromatic N) is 4. The summed E-state index contributed by atoms with van der Waals surface area (Å²) in [5.74, 6) is 0. The zero-order chi connectivity index (χ0) is 14.6. The molecule has 0 fully saturated rings. The van der Waals surface area contributed by atoms with E-state index in [0.717, 1.165) is 0 Å². The molecular weight excluding hydrogens is 260 g/mol. The molecule has 0 radical (unpaired) electrons. The summed E-state index contributed by atoms with van der Waals surface area (Å²) in [6, 6.07) is 13.1. The second-order valence-electron chi connectivity index (χ2n) is 5.48. The quantitative estimate of drug-likeness (QED) is 0.491. The molecule has 0 amide bonds. The molecule has 0 aliphatic carbocycles. The van der Waals surface area contributed by atoms with Crippen LogP contribution >= 0.6 is 0 Å². The highest BCUT2D eigenvalue weighted by Crippen LogP contribution is 2.30. The summed E-state index contributed by atoms with van der Waals surface area (Å²) < 4.78 is 4.33. The predicted molar refractivity (Wildman–Crippen MR) is 83.5 cm³/mol. The molecular formula is C17H17N4+. The number of fused-ring (bicyclic) bond motifs is 3. The smallest absolute Gasteiger partial charge is 0.206 e. The van der Waals surface area contributed by atoms with Gasteiger partial charge in [-0.2, -0.15) is 0 Å². The molecule has 0 unspecified atom stereocenters. The Kier molecular flexibility index (Phi) is 2.42. The van der Waals surface area contributed by atoms with Gasteiger partial charge in [0.2, 0.25) is 6.20 Å². The summed E-state index contributed by atoms with van der Waals surface area (Å²) >= 11 is 0. The molecule has 0 aliphatic rings. The molecule has 0 aliphatic heterocycles. The number of hydrogen-bond acceptors (Lipinski definition) is 1. The van der Waals surface area contributed by atoms with Crippen LogP contribution in [-0.2, 0) is 14.1 Å². The minimum absolute atomic E-state index is 1.17. The zero-order valence-electron chi connectivity index (χ0n) is 12.4. The molecule has 0 N–H and O–H groups in total. The number of aromatic nitrogens is 4.